The highest BCUT2D eigenvalue weighted by Gasteiger charge is 2.54. The molecule has 0 saturated heterocycles. The Hall–Kier alpha value is -3.70. The maximum absolute atomic E-state index is 13.4. The first-order valence-electron chi connectivity index (χ1n) is 10.9. The molecular formula is C24H18F6N4O4S3. The van der Waals surface area contributed by atoms with Crippen LogP contribution in [0.5, 0.6) is 0 Å². The first-order valence-corrected chi connectivity index (χ1v) is 14.4. The summed E-state index contributed by atoms with van der Waals surface area (Å²) in [5, 5.41) is 7.63. The predicted molar refractivity (Wildman–Crippen MR) is 141 cm³/mol. The van der Waals surface area contributed by atoms with Crippen LogP contribution in [0.15, 0.2) is 62.8 Å². The lowest BCUT2D eigenvalue weighted by Gasteiger charge is -2.10. The Morgan fingerprint density at radius 1 is 1.02 bits per heavy atom. The van der Waals surface area contributed by atoms with Crippen molar-refractivity contribution in [2.24, 2.45) is 5.73 Å². The number of sulfone groups is 1. The zero-order chi connectivity index (χ0) is 30.9. The van der Waals surface area contributed by atoms with Gasteiger partial charge >= 0.3 is 23.9 Å². The first-order chi connectivity index (χ1) is 18.9. The molecule has 41 heavy (non-hydrogen) atoms. The molecule has 4 aromatic rings. The Kier molecular flexibility index (Phi) is 9.05. The van der Waals surface area contributed by atoms with Crippen molar-refractivity contribution in [3.8, 4) is 11.1 Å². The van der Waals surface area contributed by atoms with Gasteiger partial charge in [-0.15, -0.1) is 23.1 Å². The number of nitrogens with zero attached hydrogens (tertiary/aromatic N) is 1. The summed E-state index contributed by atoms with van der Waals surface area (Å²) in [4.78, 5) is 27.5. The summed E-state index contributed by atoms with van der Waals surface area (Å²) in [7, 11) is -3.75. The van der Waals surface area contributed by atoms with Gasteiger partial charge in [0.15, 0.2) is 0 Å². The largest absolute Gasteiger partial charge is 0.458 e. The summed E-state index contributed by atoms with van der Waals surface area (Å²) >= 11 is 2.55. The first kappa shape index (κ1) is 31.8. The van der Waals surface area contributed by atoms with Crippen molar-refractivity contribution < 1.29 is 44.3 Å². The Labute approximate surface area is 236 Å². The van der Waals surface area contributed by atoms with Gasteiger partial charge in [-0.25, -0.2) is 13.4 Å². The number of aromatic amines is 1. The number of alkyl halides is 6. The molecule has 0 unspecified atom stereocenters. The molecule has 0 aliphatic heterocycles. The number of thiophene rings is 1. The highest BCUT2D eigenvalue weighted by molar-refractivity contribution is 8.01. The van der Waals surface area contributed by atoms with Gasteiger partial charge in [0, 0.05) is 0 Å². The highest BCUT2D eigenvalue weighted by Crippen LogP contribution is 2.38. The van der Waals surface area contributed by atoms with Crippen LogP contribution in [0.2, 0.25) is 0 Å². The third-order valence-corrected chi connectivity index (χ3v) is 9.69. The number of carbonyl (C=O) groups excluding carboxylic acids is 2. The summed E-state index contributed by atoms with van der Waals surface area (Å²) < 4.78 is 94.3. The van der Waals surface area contributed by atoms with Gasteiger partial charge in [0.1, 0.15) is 5.84 Å². The lowest BCUT2D eigenvalue weighted by Crippen LogP contribution is -2.39. The zero-order valence-corrected chi connectivity index (χ0v) is 23.2. The van der Waals surface area contributed by atoms with Crippen LogP contribution in [-0.4, -0.2) is 54.4 Å². The highest BCUT2D eigenvalue weighted by atomic mass is 32.2. The number of thioether (sulfide) groups is 1. The molecule has 17 heteroatoms. The number of imidazole rings is 1. The number of carbonyl (C=O) groups is 2. The number of rotatable bonds is 6. The topological polar surface area (TPSA) is 147 Å². The Bertz CT molecular complexity index is 1730. The molecule has 4 rings (SSSR count). The van der Waals surface area contributed by atoms with Gasteiger partial charge < -0.3 is 10.7 Å². The maximum Gasteiger partial charge on any atom is 0.458 e. The number of nitrogen functional groups attached to an aromatic ring is 1. The number of hydrogen-bond acceptors (Lipinski definition) is 8. The predicted octanol–water partition coefficient (Wildman–Crippen LogP) is 5.69. The zero-order valence-electron chi connectivity index (χ0n) is 20.8. The van der Waals surface area contributed by atoms with Crippen LogP contribution in [0.1, 0.15) is 10.4 Å². The van der Waals surface area contributed by atoms with Crippen molar-refractivity contribution in [1.29, 1.82) is 5.41 Å². The maximum atomic E-state index is 13.4. The summed E-state index contributed by atoms with van der Waals surface area (Å²) in [6.07, 6.45) is -8.09. The van der Waals surface area contributed by atoms with Gasteiger partial charge in [0.2, 0.25) is 9.84 Å². The van der Waals surface area contributed by atoms with Crippen LogP contribution in [0.3, 0.4) is 0 Å². The quantitative estimate of drug-likeness (QED) is 0.0811. The molecule has 2 aromatic carbocycles. The number of ketones is 2. The van der Waals surface area contributed by atoms with Crippen LogP contribution in [0, 0.1) is 12.3 Å². The van der Waals surface area contributed by atoms with E-state index in [4.69, 9.17) is 11.1 Å². The van der Waals surface area contributed by atoms with E-state index in [0.717, 1.165) is 27.7 Å². The van der Waals surface area contributed by atoms with Crippen LogP contribution in [-0.2, 0) is 19.4 Å². The van der Waals surface area contributed by atoms with Crippen molar-refractivity contribution in [3.05, 3.63) is 59.2 Å². The van der Waals surface area contributed by atoms with Gasteiger partial charge in [-0.3, -0.25) is 15.0 Å². The van der Waals surface area contributed by atoms with Gasteiger partial charge in [0.05, 0.1) is 36.2 Å². The van der Waals surface area contributed by atoms with Crippen LogP contribution < -0.4 is 5.73 Å². The van der Waals surface area contributed by atoms with Crippen LogP contribution >= 0.6 is 23.1 Å². The summed E-state index contributed by atoms with van der Waals surface area (Å²) in [6, 6.07) is 12.4. The number of hydrogen-bond donors (Lipinski definition) is 3. The molecule has 2 aromatic heterocycles. The fraction of sp³-hybridized carbons (Fsp3) is 0.167. The fourth-order valence-corrected chi connectivity index (χ4v) is 7.34. The normalized spacial score (nSPS) is 12.1. The van der Waals surface area contributed by atoms with Gasteiger partial charge in [0.25, 0.3) is 0 Å². The van der Waals surface area contributed by atoms with Crippen molar-refractivity contribution in [1.82, 2.24) is 9.97 Å². The van der Waals surface area contributed by atoms with E-state index in [1.54, 1.807) is 24.5 Å². The van der Waals surface area contributed by atoms with E-state index in [-0.39, 0.29) is 15.6 Å². The lowest BCUT2D eigenvalue weighted by molar-refractivity contribution is -0.193. The van der Waals surface area contributed by atoms with E-state index in [1.165, 1.54) is 29.2 Å². The van der Waals surface area contributed by atoms with Crippen LogP contribution in [0.25, 0.3) is 22.2 Å². The number of amidine groups is 1. The molecule has 0 fully saturated rings. The number of halogens is 6. The van der Waals surface area contributed by atoms with Gasteiger partial charge in [-0.05, 0) is 60.2 Å². The van der Waals surface area contributed by atoms with E-state index in [9.17, 15) is 44.3 Å². The molecule has 0 aliphatic rings. The molecule has 0 aliphatic carbocycles. The Balaban J connectivity index is 0.000000327. The van der Waals surface area contributed by atoms with Crippen molar-refractivity contribution in [2.45, 2.75) is 33.3 Å². The van der Waals surface area contributed by atoms with Crippen molar-refractivity contribution >= 4 is 61.4 Å². The monoisotopic (exact) mass is 636 g/mol. The van der Waals surface area contributed by atoms with Crippen molar-refractivity contribution in [2.75, 3.05) is 6.26 Å². The Morgan fingerprint density at radius 3 is 2.17 bits per heavy atom. The minimum absolute atomic E-state index is 0.136. The number of nitrogens with one attached hydrogen (secondary N) is 2. The average Bonchev–Trinajstić information content (AvgIpc) is 3.54. The average molecular weight is 637 g/mol. The number of nitrogens with two attached hydrogens (primary N) is 1. The molecule has 218 valence electrons. The number of aromatic nitrogens is 2. The third kappa shape index (κ3) is 6.97. The van der Waals surface area contributed by atoms with E-state index < -0.39 is 33.8 Å². The number of fused-ring (bicyclic) bond motifs is 1. The van der Waals surface area contributed by atoms with E-state index in [0.29, 0.717) is 9.09 Å². The fourth-order valence-electron chi connectivity index (χ4n) is 3.44. The summed E-state index contributed by atoms with van der Waals surface area (Å²) in [5.41, 5.74) is 10.1. The third-order valence-electron chi connectivity index (χ3n) is 5.35. The SMILES string of the molecule is CSc1sc(C(=N)N)cc1S(=O)(=O)c1cccc(-c2cc3nc[nH]c3cc2C)c1.O=C(C(=O)C(F)(F)F)C(F)(F)F. The molecule has 4 N–H and O–H groups in total. The second kappa shape index (κ2) is 11.7. The second-order valence-electron chi connectivity index (χ2n) is 8.15. The van der Waals surface area contributed by atoms with E-state index in [1.807, 2.05) is 31.4 Å². The Morgan fingerprint density at radius 2 is 1.63 bits per heavy atom. The number of benzene rings is 2. The number of aryl methyl sites for hydroxylation is 1. The molecule has 0 bridgehead atoms. The summed E-state index contributed by atoms with van der Waals surface area (Å²) in [5.74, 6) is -6.95. The number of Topliss-reactive ketones (excluding diaryl/α,β-unsaturated/α-hetero) is 2. The minimum atomic E-state index is -5.77. The van der Waals surface area contributed by atoms with Crippen LogP contribution in [0.4, 0.5) is 26.3 Å². The standard InChI is InChI=1S/C20H18N4O2S3.C4F6O2/c1-11-6-15-16(24-10-23-15)8-14(11)12-4-3-5-13(7-12)29(25,26)18-9-17(19(21)22)28-20(18)27-2;5-3(6,7)1(11)2(12)4(8,9)10/h3-10H,1-2H3,(H3,21,22)(H,23,24);. The van der Waals surface area contributed by atoms with Gasteiger partial charge in [-0.2, -0.15) is 26.3 Å². The van der Waals surface area contributed by atoms with E-state index in [2.05, 4.69) is 9.97 Å². The molecule has 0 atom stereocenters. The smallest absolute Gasteiger partial charge is 0.383 e. The van der Waals surface area contributed by atoms with E-state index >= 15 is 0 Å². The molecule has 0 amide bonds. The van der Waals surface area contributed by atoms with Crippen molar-refractivity contribution in [3.63, 3.8) is 0 Å². The molecule has 0 saturated carbocycles. The minimum Gasteiger partial charge on any atom is -0.383 e. The number of H-pyrrole nitrogens is 1. The molecular weight excluding hydrogens is 618 g/mol. The second-order valence-corrected chi connectivity index (χ2v) is 12.2. The molecule has 2 heterocycles. The summed E-state index contributed by atoms with van der Waals surface area (Å²) in [6.45, 7) is 1.99. The lowest BCUT2D eigenvalue weighted by atomic mass is 10.00. The van der Waals surface area contributed by atoms with Gasteiger partial charge in [-0.1, -0.05) is 12.1 Å². The molecule has 0 spiro atoms. The molecule has 0 radical (unpaired) electrons. The molecule has 8 nitrogen and oxygen atoms in total.